The number of nitrogens with one attached hydrogen (secondary N) is 1. The highest BCUT2D eigenvalue weighted by Gasteiger charge is 2.43. The van der Waals surface area contributed by atoms with E-state index in [9.17, 15) is 8.42 Å². The van der Waals surface area contributed by atoms with E-state index >= 15 is 0 Å². The molecule has 5 rings (SSSR count). The van der Waals surface area contributed by atoms with E-state index in [2.05, 4.69) is 26.3 Å². The lowest BCUT2D eigenvalue weighted by atomic mass is 9.72. The molecule has 2 heterocycles. The number of rotatable bonds is 4. The van der Waals surface area contributed by atoms with Gasteiger partial charge in [-0.15, -0.1) is 0 Å². The highest BCUT2D eigenvalue weighted by atomic mass is 79.9. The molecule has 7 nitrogen and oxygen atoms in total. The number of nitrogens with two attached hydrogens (primary N) is 1. The van der Waals surface area contributed by atoms with Gasteiger partial charge in [-0.2, -0.15) is 9.61 Å². The molecule has 0 bridgehead atoms. The molecule has 2 aromatic heterocycles. The van der Waals surface area contributed by atoms with Crippen LogP contribution >= 0.6 is 15.9 Å². The summed E-state index contributed by atoms with van der Waals surface area (Å²) in [6.07, 6.45) is 10.2. The maximum Gasteiger partial charge on any atom is 0.238 e. The first-order valence-corrected chi connectivity index (χ1v) is 12.6. The molecule has 30 heavy (non-hydrogen) atoms. The van der Waals surface area contributed by atoms with E-state index in [1.165, 1.54) is 43.4 Å². The van der Waals surface area contributed by atoms with Crippen molar-refractivity contribution in [2.45, 2.75) is 61.8 Å². The number of primary sulfonamides is 1. The van der Waals surface area contributed by atoms with Gasteiger partial charge in [0.2, 0.25) is 10.0 Å². The fraction of sp³-hybridized carbons (Fsp3) is 0.429. The number of hydrogen-bond acceptors (Lipinski definition) is 5. The Morgan fingerprint density at radius 1 is 1.13 bits per heavy atom. The van der Waals surface area contributed by atoms with Crippen molar-refractivity contribution in [1.29, 1.82) is 0 Å². The van der Waals surface area contributed by atoms with Gasteiger partial charge < -0.3 is 5.32 Å². The summed E-state index contributed by atoms with van der Waals surface area (Å²) in [5, 5.41) is 13.3. The fourth-order valence-electron chi connectivity index (χ4n) is 5.04. The lowest BCUT2D eigenvalue weighted by Gasteiger charge is -2.33. The minimum Gasteiger partial charge on any atom is -0.366 e. The molecule has 1 fully saturated rings. The summed E-state index contributed by atoms with van der Waals surface area (Å²) in [5.41, 5.74) is 4.52. The number of fused-ring (bicyclic) bond motifs is 3. The summed E-state index contributed by atoms with van der Waals surface area (Å²) in [5.74, 6) is 0.985. The Morgan fingerprint density at radius 2 is 1.87 bits per heavy atom. The second-order valence-electron chi connectivity index (χ2n) is 8.40. The second-order valence-corrected chi connectivity index (χ2v) is 10.8. The van der Waals surface area contributed by atoms with Crippen LogP contribution in [0.2, 0.25) is 0 Å². The molecule has 158 valence electrons. The molecule has 9 heteroatoms. The Hall–Kier alpha value is -1.97. The van der Waals surface area contributed by atoms with Gasteiger partial charge in [0.15, 0.2) is 5.65 Å². The summed E-state index contributed by atoms with van der Waals surface area (Å²) in [4.78, 5) is 5.20. The zero-order valence-corrected chi connectivity index (χ0v) is 19.0. The zero-order valence-electron chi connectivity index (χ0n) is 16.6. The lowest BCUT2D eigenvalue weighted by Crippen LogP contribution is -2.27. The zero-order chi connectivity index (χ0) is 20.9. The Labute approximate surface area is 184 Å². The van der Waals surface area contributed by atoms with E-state index in [-0.39, 0.29) is 10.3 Å². The van der Waals surface area contributed by atoms with E-state index < -0.39 is 10.0 Å². The Morgan fingerprint density at radius 3 is 2.57 bits per heavy atom. The van der Waals surface area contributed by atoms with Crippen LogP contribution in [-0.4, -0.2) is 23.0 Å². The molecule has 0 aliphatic heterocycles. The molecule has 0 atom stereocenters. The van der Waals surface area contributed by atoms with E-state index in [1.54, 1.807) is 30.5 Å². The van der Waals surface area contributed by atoms with Gasteiger partial charge >= 0.3 is 0 Å². The highest BCUT2D eigenvalue weighted by molar-refractivity contribution is 9.10. The monoisotopic (exact) mass is 489 g/mol. The smallest absolute Gasteiger partial charge is 0.238 e. The van der Waals surface area contributed by atoms with Gasteiger partial charge in [-0.1, -0.05) is 31.4 Å². The Kier molecular flexibility index (Phi) is 4.87. The Bertz CT molecular complexity index is 1210. The van der Waals surface area contributed by atoms with E-state index in [0.29, 0.717) is 6.54 Å². The minimum absolute atomic E-state index is 0.119. The standard InChI is InChI=1S/C21H24BrN5O2S/c22-17-13-25-27-19(24-12-14-4-6-15(7-5-14)30(23,28)29)16-8-11-21(9-2-1-3-10-21)18(16)26-20(17)27/h4-7,13,24H,1-3,8-12H2,(H2,23,28,29). The SMILES string of the molecule is NS(=O)(=O)c1ccc(CNc2c3c(nc4c(Br)cnn24)C2(CCCCC2)CC3)cc1. The van der Waals surface area contributed by atoms with Gasteiger partial charge in [0.1, 0.15) is 5.82 Å². The third-order valence-electron chi connectivity index (χ3n) is 6.58. The molecular weight excluding hydrogens is 466 g/mol. The first-order chi connectivity index (χ1) is 14.4. The van der Waals surface area contributed by atoms with E-state index in [1.807, 2.05) is 4.52 Å². The second kappa shape index (κ2) is 7.32. The van der Waals surface area contributed by atoms with Crippen molar-refractivity contribution in [2.75, 3.05) is 5.32 Å². The number of hydrogen-bond donors (Lipinski definition) is 2. The van der Waals surface area contributed by atoms with Gasteiger partial charge in [-0.3, -0.25) is 0 Å². The molecule has 0 saturated heterocycles. The Balaban J connectivity index is 1.51. The predicted octanol–water partition coefficient (Wildman–Crippen LogP) is 3.90. The normalized spacial score (nSPS) is 18.1. The number of halogens is 1. The molecule has 0 radical (unpaired) electrons. The van der Waals surface area contributed by atoms with Crippen LogP contribution in [0.4, 0.5) is 5.82 Å². The van der Waals surface area contributed by atoms with Crippen LogP contribution in [0.25, 0.3) is 5.65 Å². The first-order valence-electron chi connectivity index (χ1n) is 10.3. The van der Waals surface area contributed by atoms with Gasteiger partial charge in [0, 0.05) is 17.5 Å². The molecule has 2 aliphatic carbocycles. The minimum atomic E-state index is -3.68. The van der Waals surface area contributed by atoms with Gasteiger partial charge in [-0.25, -0.2) is 18.5 Å². The van der Waals surface area contributed by atoms with E-state index in [4.69, 9.17) is 10.1 Å². The molecule has 3 aromatic rings. The number of benzene rings is 1. The van der Waals surface area contributed by atoms with Gasteiger partial charge in [0.05, 0.1) is 21.3 Å². The predicted molar refractivity (Wildman–Crippen MR) is 119 cm³/mol. The van der Waals surface area contributed by atoms with Crippen molar-refractivity contribution in [3.8, 4) is 0 Å². The topological polar surface area (TPSA) is 102 Å². The van der Waals surface area contributed by atoms with Crippen molar-refractivity contribution in [3.05, 3.63) is 51.8 Å². The third-order valence-corrected chi connectivity index (χ3v) is 8.07. The average molecular weight is 490 g/mol. The summed E-state index contributed by atoms with van der Waals surface area (Å²) >= 11 is 3.60. The van der Waals surface area contributed by atoms with Gasteiger partial charge in [0.25, 0.3) is 0 Å². The van der Waals surface area contributed by atoms with E-state index in [0.717, 1.165) is 34.3 Å². The number of aromatic nitrogens is 3. The maximum absolute atomic E-state index is 11.5. The number of sulfonamides is 1. The summed E-state index contributed by atoms with van der Waals surface area (Å²) in [7, 11) is -3.68. The van der Waals surface area contributed by atoms with Crippen molar-refractivity contribution in [1.82, 2.24) is 14.6 Å². The fourth-order valence-corrected chi connectivity index (χ4v) is 5.90. The number of anilines is 1. The molecule has 0 unspecified atom stereocenters. The molecule has 1 saturated carbocycles. The van der Waals surface area contributed by atoms with Crippen LogP contribution in [0.15, 0.2) is 39.8 Å². The van der Waals surface area contributed by atoms with Crippen molar-refractivity contribution in [3.63, 3.8) is 0 Å². The van der Waals surface area contributed by atoms with Crippen LogP contribution in [0.1, 0.15) is 55.3 Å². The average Bonchev–Trinajstić information content (AvgIpc) is 3.27. The van der Waals surface area contributed by atoms with Crippen molar-refractivity contribution >= 4 is 37.4 Å². The van der Waals surface area contributed by atoms with Gasteiger partial charge in [-0.05, 0) is 59.3 Å². The molecule has 0 amide bonds. The summed E-state index contributed by atoms with van der Waals surface area (Å²) in [6, 6.07) is 6.65. The molecular formula is C21H24BrN5O2S. The van der Waals surface area contributed by atoms with Crippen LogP contribution in [0.3, 0.4) is 0 Å². The quantitative estimate of drug-likeness (QED) is 0.578. The van der Waals surface area contributed by atoms with Crippen LogP contribution in [0.5, 0.6) is 0 Å². The highest BCUT2D eigenvalue weighted by Crippen LogP contribution is 2.50. The molecule has 1 aromatic carbocycles. The summed E-state index contributed by atoms with van der Waals surface area (Å²) < 4.78 is 25.7. The molecule has 3 N–H and O–H groups in total. The lowest BCUT2D eigenvalue weighted by molar-refractivity contribution is 0.286. The maximum atomic E-state index is 11.5. The van der Waals surface area contributed by atoms with Crippen LogP contribution in [0, 0.1) is 0 Å². The van der Waals surface area contributed by atoms with Crippen LogP contribution < -0.4 is 10.5 Å². The molecule has 2 aliphatic rings. The largest absolute Gasteiger partial charge is 0.366 e. The third kappa shape index (κ3) is 3.33. The van der Waals surface area contributed by atoms with Crippen molar-refractivity contribution in [2.24, 2.45) is 5.14 Å². The number of nitrogens with zero attached hydrogens (tertiary/aromatic N) is 3. The molecule has 1 spiro atoms. The summed E-state index contributed by atoms with van der Waals surface area (Å²) in [6.45, 7) is 0.556. The first kappa shape index (κ1) is 20.0. The van der Waals surface area contributed by atoms with Crippen LogP contribution in [-0.2, 0) is 28.4 Å². The van der Waals surface area contributed by atoms with Crippen molar-refractivity contribution < 1.29 is 8.42 Å².